The highest BCUT2D eigenvalue weighted by molar-refractivity contribution is 7.88. The van der Waals surface area contributed by atoms with Crippen LogP contribution in [0.4, 0.5) is 0 Å². The summed E-state index contributed by atoms with van der Waals surface area (Å²) in [4.78, 5) is 11.9. The van der Waals surface area contributed by atoms with Crippen LogP contribution >= 0.6 is 11.6 Å². The largest absolute Gasteiger partial charge is 0.354 e. The van der Waals surface area contributed by atoms with Gasteiger partial charge in [-0.05, 0) is 37.5 Å². The van der Waals surface area contributed by atoms with E-state index in [1.54, 1.807) is 0 Å². The Bertz CT molecular complexity index is 641. The van der Waals surface area contributed by atoms with Crippen LogP contribution in [-0.2, 0) is 20.2 Å². The highest BCUT2D eigenvalue weighted by Gasteiger charge is 2.44. The van der Waals surface area contributed by atoms with Gasteiger partial charge in [0.1, 0.15) is 0 Å². The van der Waals surface area contributed by atoms with E-state index in [0.717, 1.165) is 24.7 Å². The molecule has 1 aliphatic rings. The van der Waals surface area contributed by atoms with Crippen LogP contribution in [0.1, 0.15) is 25.3 Å². The van der Waals surface area contributed by atoms with Gasteiger partial charge in [0.2, 0.25) is 15.9 Å². The second-order valence-electron chi connectivity index (χ2n) is 5.62. The van der Waals surface area contributed by atoms with E-state index in [-0.39, 0.29) is 11.3 Å². The summed E-state index contributed by atoms with van der Waals surface area (Å²) in [6.45, 7) is 2.01. The molecule has 7 heteroatoms. The van der Waals surface area contributed by atoms with Gasteiger partial charge in [0.05, 0.1) is 12.3 Å². The molecule has 0 heterocycles. The molecule has 1 aromatic rings. The number of benzene rings is 1. The number of hydrogen-bond donors (Lipinski definition) is 2. The standard InChI is InChI=1S/C14H19ClN2O3S/c1-10(17-21(2,19)20)13(18)16-9-14(6-7-14)11-4-3-5-12(15)8-11/h3-5,8,10,17H,6-7,9H2,1-2H3,(H,16,18). The number of hydrogen-bond acceptors (Lipinski definition) is 3. The van der Waals surface area contributed by atoms with E-state index >= 15 is 0 Å². The summed E-state index contributed by atoms with van der Waals surface area (Å²) < 4.78 is 24.5. The summed E-state index contributed by atoms with van der Waals surface area (Å²) in [5.74, 6) is -0.325. The number of nitrogens with one attached hydrogen (secondary N) is 2. The Balaban J connectivity index is 1.95. The molecule has 5 nitrogen and oxygen atoms in total. The number of amides is 1. The van der Waals surface area contributed by atoms with Gasteiger partial charge in [-0.25, -0.2) is 13.1 Å². The molecule has 116 valence electrons. The van der Waals surface area contributed by atoms with E-state index in [1.807, 2.05) is 24.3 Å². The van der Waals surface area contributed by atoms with Crippen molar-refractivity contribution in [2.45, 2.75) is 31.2 Å². The molecule has 0 spiro atoms. The molecule has 0 saturated heterocycles. The lowest BCUT2D eigenvalue weighted by Gasteiger charge is -2.19. The lowest BCUT2D eigenvalue weighted by molar-refractivity contribution is -0.122. The Labute approximate surface area is 130 Å². The summed E-state index contributed by atoms with van der Waals surface area (Å²) in [7, 11) is -3.39. The number of rotatable bonds is 6. The van der Waals surface area contributed by atoms with E-state index in [9.17, 15) is 13.2 Å². The number of carbonyl (C=O) groups excluding carboxylic acids is 1. The van der Waals surface area contributed by atoms with E-state index in [1.165, 1.54) is 6.92 Å². The van der Waals surface area contributed by atoms with Crippen molar-refractivity contribution < 1.29 is 13.2 Å². The second-order valence-corrected chi connectivity index (χ2v) is 7.84. The minimum atomic E-state index is -3.39. The normalized spacial score (nSPS) is 18.0. The zero-order valence-corrected chi connectivity index (χ0v) is 13.6. The van der Waals surface area contributed by atoms with E-state index in [2.05, 4.69) is 10.0 Å². The zero-order chi connectivity index (χ0) is 15.7. The van der Waals surface area contributed by atoms with Crippen molar-refractivity contribution >= 4 is 27.5 Å². The third kappa shape index (κ3) is 4.43. The molecular formula is C14H19ClN2O3S. The van der Waals surface area contributed by atoms with Gasteiger partial charge < -0.3 is 5.32 Å². The molecule has 0 bridgehead atoms. The molecule has 1 aromatic carbocycles. The van der Waals surface area contributed by atoms with Gasteiger partial charge >= 0.3 is 0 Å². The topological polar surface area (TPSA) is 75.3 Å². The minimum absolute atomic E-state index is 0.0641. The van der Waals surface area contributed by atoms with Crippen LogP contribution in [0, 0.1) is 0 Å². The molecule has 2 rings (SSSR count). The monoisotopic (exact) mass is 330 g/mol. The fourth-order valence-corrected chi connectivity index (χ4v) is 3.26. The van der Waals surface area contributed by atoms with Crippen molar-refractivity contribution in [3.05, 3.63) is 34.9 Å². The summed E-state index contributed by atoms with van der Waals surface area (Å²) in [5, 5.41) is 3.49. The third-order valence-electron chi connectivity index (χ3n) is 3.68. The number of carbonyl (C=O) groups is 1. The van der Waals surface area contributed by atoms with Gasteiger partial charge in [0, 0.05) is 17.0 Å². The van der Waals surface area contributed by atoms with Crippen molar-refractivity contribution in [2.24, 2.45) is 0 Å². The van der Waals surface area contributed by atoms with Gasteiger partial charge in [-0.15, -0.1) is 0 Å². The van der Waals surface area contributed by atoms with Crippen LogP contribution in [0.15, 0.2) is 24.3 Å². The first-order chi connectivity index (χ1) is 9.72. The van der Waals surface area contributed by atoms with Crippen molar-refractivity contribution in [3.63, 3.8) is 0 Å². The average molecular weight is 331 g/mol. The molecule has 1 saturated carbocycles. The summed E-state index contributed by atoms with van der Waals surface area (Å²) in [6, 6.07) is 6.85. The van der Waals surface area contributed by atoms with Crippen LogP contribution < -0.4 is 10.0 Å². The van der Waals surface area contributed by atoms with Crippen LogP contribution in [-0.4, -0.2) is 33.2 Å². The molecule has 2 N–H and O–H groups in total. The van der Waals surface area contributed by atoms with Gasteiger partial charge in [-0.1, -0.05) is 23.7 Å². The Morgan fingerprint density at radius 1 is 1.43 bits per heavy atom. The van der Waals surface area contributed by atoms with Crippen molar-refractivity contribution in [1.82, 2.24) is 10.0 Å². The maximum absolute atomic E-state index is 11.9. The second kappa shape index (κ2) is 5.94. The molecule has 0 aromatic heterocycles. The first kappa shape index (κ1) is 16.3. The maximum Gasteiger partial charge on any atom is 0.237 e. The summed E-state index contributed by atoms with van der Waals surface area (Å²) >= 11 is 6.00. The van der Waals surface area contributed by atoms with E-state index < -0.39 is 16.1 Å². The van der Waals surface area contributed by atoms with Crippen LogP contribution in [0.25, 0.3) is 0 Å². The lowest BCUT2D eigenvalue weighted by Crippen LogP contribution is -2.46. The van der Waals surface area contributed by atoms with Crippen LogP contribution in [0.2, 0.25) is 5.02 Å². The Kier molecular flexibility index (Phi) is 4.60. The smallest absolute Gasteiger partial charge is 0.237 e. The quantitative estimate of drug-likeness (QED) is 0.828. The SMILES string of the molecule is CC(NS(C)(=O)=O)C(=O)NCC1(c2cccc(Cl)c2)CC1. The minimum Gasteiger partial charge on any atom is -0.354 e. The predicted molar refractivity (Wildman–Crippen MR) is 82.8 cm³/mol. The van der Waals surface area contributed by atoms with Crippen molar-refractivity contribution in [3.8, 4) is 0 Å². The van der Waals surface area contributed by atoms with Gasteiger partial charge in [0.15, 0.2) is 0 Å². The molecule has 1 fully saturated rings. The van der Waals surface area contributed by atoms with Gasteiger partial charge in [-0.3, -0.25) is 4.79 Å². The van der Waals surface area contributed by atoms with Crippen LogP contribution in [0.3, 0.4) is 0 Å². The highest BCUT2D eigenvalue weighted by atomic mass is 35.5. The molecule has 1 amide bonds. The molecule has 0 radical (unpaired) electrons. The first-order valence-electron chi connectivity index (χ1n) is 6.73. The Morgan fingerprint density at radius 3 is 2.62 bits per heavy atom. The maximum atomic E-state index is 11.9. The average Bonchev–Trinajstić information content (AvgIpc) is 3.15. The lowest BCUT2D eigenvalue weighted by atomic mass is 9.96. The Hall–Kier alpha value is -1.11. The molecule has 0 aliphatic heterocycles. The molecule has 21 heavy (non-hydrogen) atoms. The van der Waals surface area contributed by atoms with E-state index in [4.69, 9.17) is 11.6 Å². The molecule has 1 unspecified atom stereocenters. The van der Waals surface area contributed by atoms with Gasteiger partial charge in [0.25, 0.3) is 0 Å². The third-order valence-corrected chi connectivity index (χ3v) is 4.69. The number of halogens is 1. The predicted octanol–water partition coefficient (Wildman–Crippen LogP) is 1.43. The molecule has 1 aliphatic carbocycles. The number of sulfonamides is 1. The Morgan fingerprint density at radius 2 is 2.10 bits per heavy atom. The summed E-state index contributed by atoms with van der Waals surface area (Å²) in [6.07, 6.45) is 3.01. The fraction of sp³-hybridized carbons (Fsp3) is 0.500. The molecule has 1 atom stereocenters. The van der Waals surface area contributed by atoms with Crippen molar-refractivity contribution in [1.29, 1.82) is 0 Å². The highest BCUT2D eigenvalue weighted by Crippen LogP contribution is 2.48. The molecular weight excluding hydrogens is 312 g/mol. The fourth-order valence-electron chi connectivity index (χ4n) is 2.32. The first-order valence-corrected chi connectivity index (χ1v) is 9.00. The zero-order valence-electron chi connectivity index (χ0n) is 12.0. The van der Waals surface area contributed by atoms with Gasteiger partial charge in [-0.2, -0.15) is 0 Å². The van der Waals surface area contributed by atoms with Crippen molar-refractivity contribution in [2.75, 3.05) is 12.8 Å². The van der Waals surface area contributed by atoms with E-state index in [0.29, 0.717) is 11.6 Å². The van der Waals surface area contributed by atoms with Crippen LogP contribution in [0.5, 0.6) is 0 Å². The summed E-state index contributed by atoms with van der Waals surface area (Å²) in [5.41, 5.74) is 1.05.